The predicted octanol–water partition coefficient (Wildman–Crippen LogP) is 4.32. The van der Waals surface area contributed by atoms with Crippen molar-refractivity contribution in [2.45, 2.75) is 52.2 Å². The topological polar surface area (TPSA) is 96.0 Å². The SMILES string of the molecule is CC[C@@H](C)NC(=O)[C@@H](Cc1ccccc1)N(Cc1ccc(C)cc1)C(=O)CN(c1cccc(OC)c1)S(C)(=O)=O. The first-order valence-corrected chi connectivity index (χ1v) is 15.2. The van der Waals surface area contributed by atoms with Crippen LogP contribution in [0.15, 0.2) is 78.9 Å². The summed E-state index contributed by atoms with van der Waals surface area (Å²) in [6, 6.07) is 22.8. The number of benzene rings is 3. The average Bonchev–Trinajstić information content (AvgIpc) is 2.94. The number of rotatable bonds is 13. The van der Waals surface area contributed by atoms with Gasteiger partial charge in [0.1, 0.15) is 18.3 Å². The highest BCUT2D eigenvalue weighted by Crippen LogP contribution is 2.24. The Kier molecular flexibility index (Phi) is 10.7. The van der Waals surface area contributed by atoms with Gasteiger partial charge in [0.2, 0.25) is 21.8 Å². The van der Waals surface area contributed by atoms with Crippen molar-refractivity contribution in [3.05, 3.63) is 95.6 Å². The van der Waals surface area contributed by atoms with E-state index in [0.717, 1.165) is 33.7 Å². The van der Waals surface area contributed by atoms with Crippen LogP contribution in [-0.2, 0) is 32.6 Å². The van der Waals surface area contributed by atoms with E-state index in [0.29, 0.717) is 11.4 Å². The molecule has 0 spiro atoms. The fourth-order valence-corrected chi connectivity index (χ4v) is 5.11. The maximum absolute atomic E-state index is 14.1. The molecule has 0 saturated carbocycles. The molecule has 3 aromatic rings. The van der Waals surface area contributed by atoms with E-state index in [4.69, 9.17) is 4.74 Å². The van der Waals surface area contributed by atoms with Crippen LogP contribution in [0.5, 0.6) is 5.75 Å². The number of nitrogens with one attached hydrogen (secondary N) is 1. The molecule has 1 N–H and O–H groups in total. The zero-order valence-electron chi connectivity index (χ0n) is 23.8. The Bertz CT molecular complexity index is 1380. The van der Waals surface area contributed by atoms with E-state index in [9.17, 15) is 18.0 Å². The molecular weight excluding hydrogens is 526 g/mol. The van der Waals surface area contributed by atoms with Gasteiger partial charge >= 0.3 is 0 Å². The average molecular weight is 566 g/mol. The maximum atomic E-state index is 14.1. The van der Waals surface area contributed by atoms with Crippen molar-refractivity contribution < 1.29 is 22.7 Å². The number of anilines is 1. The zero-order chi connectivity index (χ0) is 29.3. The molecule has 9 heteroatoms. The fourth-order valence-electron chi connectivity index (χ4n) is 4.26. The molecule has 214 valence electrons. The van der Waals surface area contributed by atoms with Crippen molar-refractivity contribution in [2.24, 2.45) is 0 Å². The van der Waals surface area contributed by atoms with Crippen LogP contribution in [0.2, 0.25) is 0 Å². The van der Waals surface area contributed by atoms with E-state index in [2.05, 4.69) is 5.32 Å². The van der Waals surface area contributed by atoms with Gasteiger partial charge in [0, 0.05) is 25.1 Å². The zero-order valence-corrected chi connectivity index (χ0v) is 24.6. The van der Waals surface area contributed by atoms with E-state index in [1.165, 1.54) is 12.0 Å². The number of nitrogens with zero attached hydrogens (tertiary/aromatic N) is 2. The Hall–Kier alpha value is -3.85. The highest BCUT2D eigenvalue weighted by atomic mass is 32.2. The number of sulfonamides is 1. The molecule has 3 aromatic carbocycles. The molecule has 0 heterocycles. The van der Waals surface area contributed by atoms with E-state index in [1.54, 1.807) is 24.3 Å². The molecule has 0 radical (unpaired) electrons. The predicted molar refractivity (Wildman–Crippen MR) is 159 cm³/mol. The molecule has 0 aromatic heterocycles. The Labute approximate surface area is 238 Å². The monoisotopic (exact) mass is 565 g/mol. The number of ether oxygens (including phenoxy) is 1. The summed E-state index contributed by atoms with van der Waals surface area (Å²) in [6.45, 7) is 5.53. The van der Waals surface area contributed by atoms with E-state index in [1.807, 2.05) is 75.4 Å². The molecule has 2 amide bonds. The highest BCUT2D eigenvalue weighted by Gasteiger charge is 2.33. The lowest BCUT2D eigenvalue weighted by Crippen LogP contribution is -2.54. The van der Waals surface area contributed by atoms with Gasteiger partial charge in [0.25, 0.3) is 0 Å². The van der Waals surface area contributed by atoms with Crippen LogP contribution in [0.4, 0.5) is 5.69 Å². The van der Waals surface area contributed by atoms with Gasteiger partial charge in [-0.1, -0.05) is 73.2 Å². The van der Waals surface area contributed by atoms with Gasteiger partial charge in [-0.15, -0.1) is 0 Å². The van der Waals surface area contributed by atoms with Crippen LogP contribution in [0.1, 0.15) is 37.0 Å². The van der Waals surface area contributed by atoms with E-state index >= 15 is 0 Å². The molecular formula is C31H39N3O5S. The number of hydrogen-bond donors (Lipinski definition) is 1. The van der Waals surface area contributed by atoms with Crippen LogP contribution < -0.4 is 14.4 Å². The van der Waals surface area contributed by atoms with Gasteiger partial charge in [0.15, 0.2) is 0 Å². The van der Waals surface area contributed by atoms with Crippen molar-refractivity contribution in [3.63, 3.8) is 0 Å². The Morgan fingerprint density at radius 3 is 2.23 bits per heavy atom. The third-order valence-corrected chi connectivity index (χ3v) is 7.91. The first-order valence-electron chi connectivity index (χ1n) is 13.3. The number of hydrogen-bond acceptors (Lipinski definition) is 5. The van der Waals surface area contributed by atoms with Gasteiger partial charge < -0.3 is 15.0 Å². The number of amides is 2. The summed E-state index contributed by atoms with van der Waals surface area (Å²) in [5, 5.41) is 3.03. The van der Waals surface area contributed by atoms with Gasteiger partial charge in [0.05, 0.1) is 19.1 Å². The molecule has 0 aliphatic rings. The quantitative estimate of drug-likeness (QED) is 0.333. The normalized spacial score (nSPS) is 12.7. The molecule has 2 atom stereocenters. The van der Waals surface area contributed by atoms with E-state index in [-0.39, 0.29) is 24.9 Å². The number of carbonyl (C=O) groups is 2. The van der Waals surface area contributed by atoms with Crippen molar-refractivity contribution in [1.82, 2.24) is 10.2 Å². The fraction of sp³-hybridized carbons (Fsp3) is 0.355. The summed E-state index contributed by atoms with van der Waals surface area (Å²) in [5.41, 5.74) is 3.09. The minimum Gasteiger partial charge on any atom is -0.497 e. The molecule has 40 heavy (non-hydrogen) atoms. The third kappa shape index (κ3) is 8.58. The minimum absolute atomic E-state index is 0.0913. The Morgan fingerprint density at radius 2 is 1.62 bits per heavy atom. The summed E-state index contributed by atoms with van der Waals surface area (Å²) in [5.74, 6) is -0.315. The van der Waals surface area contributed by atoms with Gasteiger partial charge in [-0.25, -0.2) is 8.42 Å². The van der Waals surface area contributed by atoms with Gasteiger partial charge in [-0.05, 0) is 43.5 Å². The smallest absolute Gasteiger partial charge is 0.244 e. The Morgan fingerprint density at radius 1 is 0.950 bits per heavy atom. The van der Waals surface area contributed by atoms with Crippen LogP contribution in [0, 0.1) is 6.92 Å². The van der Waals surface area contributed by atoms with Crippen LogP contribution in [0.25, 0.3) is 0 Å². The lowest BCUT2D eigenvalue weighted by molar-refractivity contribution is -0.140. The molecule has 8 nitrogen and oxygen atoms in total. The summed E-state index contributed by atoms with van der Waals surface area (Å²) >= 11 is 0. The first-order chi connectivity index (χ1) is 19.0. The van der Waals surface area contributed by atoms with Crippen molar-refractivity contribution in [1.29, 1.82) is 0 Å². The van der Waals surface area contributed by atoms with E-state index < -0.39 is 28.5 Å². The summed E-state index contributed by atoms with van der Waals surface area (Å²) in [6.07, 6.45) is 2.06. The Balaban J connectivity index is 2.06. The molecule has 0 aliphatic carbocycles. The van der Waals surface area contributed by atoms with Gasteiger partial charge in [-0.2, -0.15) is 0 Å². The van der Waals surface area contributed by atoms with Gasteiger partial charge in [-0.3, -0.25) is 13.9 Å². The maximum Gasteiger partial charge on any atom is 0.244 e. The van der Waals surface area contributed by atoms with Crippen LogP contribution >= 0.6 is 0 Å². The lowest BCUT2D eigenvalue weighted by atomic mass is 10.0. The third-order valence-electron chi connectivity index (χ3n) is 6.77. The number of carbonyl (C=O) groups excluding carboxylic acids is 2. The summed E-state index contributed by atoms with van der Waals surface area (Å²) in [4.78, 5) is 29.3. The second-order valence-corrected chi connectivity index (χ2v) is 11.9. The van der Waals surface area contributed by atoms with Crippen LogP contribution in [-0.4, -0.2) is 57.1 Å². The molecule has 0 fully saturated rings. The summed E-state index contributed by atoms with van der Waals surface area (Å²) < 4.78 is 32.1. The lowest BCUT2D eigenvalue weighted by Gasteiger charge is -2.34. The molecule has 0 bridgehead atoms. The minimum atomic E-state index is -3.85. The number of aryl methyl sites for hydroxylation is 1. The second-order valence-electron chi connectivity index (χ2n) is 10.0. The van der Waals surface area contributed by atoms with Crippen molar-refractivity contribution in [3.8, 4) is 5.75 Å². The molecule has 0 saturated heterocycles. The molecule has 0 aliphatic heterocycles. The molecule has 3 rings (SSSR count). The largest absolute Gasteiger partial charge is 0.497 e. The van der Waals surface area contributed by atoms with Crippen LogP contribution in [0.3, 0.4) is 0 Å². The number of methoxy groups -OCH3 is 1. The van der Waals surface area contributed by atoms with Crippen molar-refractivity contribution in [2.75, 3.05) is 24.2 Å². The second kappa shape index (κ2) is 14.0. The summed E-state index contributed by atoms with van der Waals surface area (Å²) in [7, 11) is -2.36. The first kappa shape index (κ1) is 30.7. The standard InChI is InChI=1S/C31H39N3O5S/c1-6-24(3)32-31(36)29(19-25-11-8-7-9-12-25)33(21-26-17-15-23(2)16-18-26)30(35)22-34(40(5,37)38)27-13-10-14-28(20-27)39-4/h7-18,20,24,29H,6,19,21-22H2,1-5H3,(H,32,36)/t24-,29-/m1/s1. The molecule has 0 unspecified atom stereocenters. The highest BCUT2D eigenvalue weighted by molar-refractivity contribution is 7.92. The van der Waals surface area contributed by atoms with Crippen molar-refractivity contribution >= 4 is 27.5 Å².